The number of amides is 1. The van der Waals surface area contributed by atoms with Crippen LogP contribution >= 0.6 is 0 Å². The molecule has 6 aromatic rings. The molecular formula is C32H28FN7O3S. The van der Waals surface area contributed by atoms with Crippen molar-refractivity contribution in [3.63, 3.8) is 0 Å². The first-order chi connectivity index (χ1) is 21.2. The van der Waals surface area contributed by atoms with Crippen molar-refractivity contribution in [3.8, 4) is 33.8 Å². The average molecular weight is 610 g/mol. The number of halogens is 1. The zero-order valence-corrected chi connectivity index (χ0v) is 24.5. The molecule has 4 aromatic heterocycles. The molecule has 12 heteroatoms. The highest BCUT2D eigenvalue weighted by Crippen LogP contribution is 2.36. The van der Waals surface area contributed by atoms with Crippen molar-refractivity contribution in [2.75, 3.05) is 11.6 Å². The SMILES string of the molecule is CS(=O)(=O)NCc1cc(F)cc(-c2cccc3[nH]c(-c4n[nH]c5cnc(-c6cncc(NC(=O)C7CCC7)c6)cc45)cc23)c1. The Kier molecular flexibility index (Phi) is 6.94. The van der Waals surface area contributed by atoms with Crippen LogP contribution in [0, 0.1) is 11.7 Å². The first-order valence-electron chi connectivity index (χ1n) is 14.2. The van der Waals surface area contributed by atoms with Crippen LogP contribution in [0.4, 0.5) is 10.1 Å². The van der Waals surface area contributed by atoms with Crippen molar-refractivity contribution in [2.24, 2.45) is 5.92 Å². The van der Waals surface area contributed by atoms with Gasteiger partial charge in [-0.1, -0.05) is 18.6 Å². The fourth-order valence-corrected chi connectivity index (χ4v) is 5.93. The van der Waals surface area contributed by atoms with Crippen molar-refractivity contribution in [1.29, 1.82) is 0 Å². The number of sulfonamides is 1. The van der Waals surface area contributed by atoms with E-state index in [4.69, 9.17) is 0 Å². The largest absolute Gasteiger partial charge is 0.353 e. The van der Waals surface area contributed by atoms with E-state index in [0.717, 1.165) is 64.1 Å². The van der Waals surface area contributed by atoms with Gasteiger partial charge in [-0.3, -0.25) is 19.9 Å². The van der Waals surface area contributed by atoms with Crippen LogP contribution in [0.5, 0.6) is 0 Å². The van der Waals surface area contributed by atoms with Crippen LogP contribution in [0.1, 0.15) is 24.8 Å². The quantitative estimate of drug-likeness (QED) is 0.173. The summed E-state index contributed by atoms with van der Waals surface area (Å²) in [7, 11) is -3.43. The average Bonchev–Trinajstić information content (AvgIpc) is 3.58. The maximum atomic E-state index is 14.6. The minimum absolute atomic E-state index is 0.0150. The monoisotopic (exact) mass is 609 g/mol. The zero-order chi connectivity index (χ0) is 30.4. The molecule has 0 saturated heterocycles. The van der Waals surface area contributed by atoms with Crippen molar-refractivity contribution >= 4 is 43.4 Å². The second kappa shape index (κ2) is 11.0. The lowest BCUT2D eigenvalue weighted by Crippen LogP contribution is -2.28. The van der Waals surface area contributed by atoms with Gasteiger partial charge in [-0.05, 0) is 72.0 Å². The van der Waals surface area contributed by atoms with Gasteiger partial charge in [0.05, 0.1) is 41.2 Å². The van der Waals surface area contributed by atoms with E-state index in [-0.39, 0.29) is 18.4 Å². The van der Waals surface area contributed by atoms with Gasteiger partial charge in [0.15, 0.2) is 0 Å². The number of H-pyrrole nitrogens is 2. The van der Waals surface area contributed by atoms with Crippen molar-refractivity contribution in [1.82, 2.24) is 29.9 Å². The summed E-state index contributed by atoms with van der Waals surface area (Å²) >= 11 is 0. The minimum Gasteiger partial charge on any atom is -0.353 e. The highest BCUT2D eigenvalue weighted by Gasteiger charge is 2.25. The molecule has 10 nitrogen and oxygen atoms in total. The number of anilines is 1. The fourth-order valence-electron chi connectivity index (χ4n) is 5.50. The Morgan fingerprint density at radius 1 is 1.00 bits per heavy atom. The third-order valence-electron chi connectivity index (χ3n) is 7.95. The number of carbonyl (C=O) groups is 1. The molecule has 1 aliphatic carbocycles. The van der Waals surface area contributed by atoms with Crippen LogP contribution in [0.15, 0.2) is 73.2 Å². The number of hydrogen-bond donors (Lipinski definition) is 4. The van der Waals surface area contributed by atoms with Gasteiger partial charge in [0.25, 0.3) is 0 Å². The van der Waals surface area contributed by atoms with E-state index >= 15 is 0 Å². The lowest BCUT2D eigenvalue weighted by molar-refractivity contribution is -0.122. The van der Waals surface area contributed by atoms with E-state index in [1.54, 1.807) is 24.7 Å². The molecule has 0 bridgehead atoms. The molecule has 0 unspecified atom stereocenters. The third-order valence-corrected chi connectivity index (χ3v) is 8.62. The van der Waals surface area contributed by atoms with Gasteiger partial charge in [0.2, 0.25) is 15.9 Å². The second-order valence-corrected chi connectivity index (χ2v) is 13.0. The molecule has 4 N–H and O–H groups in total. The summed E-state index contributed by atoms with van der Waals surface area (Å²) in [5, 5.41) is 12.3. The number of benzene rings is 2. The van der Waals surface area contributed by atoms with Gasteiger partial charge in [0.1, 0.15) is 11.5 Å². The van der Waals surface area contributed by atoms with E-state index in [1.807, 2.05) is 36.4 Å². The predicted molar refractivity (Wildman–Crippen MR) is 167 cm³/mol. The summed E-state index contributed by atoms with van der Waals surface area (Å²) in [5.74, 6) is -0.368. The van der Waals surface area contributed by atoms with Gasteiger partial charge in [-0.15, -0.1) is 0 Å². The molecule has 44 heavy (non-hydrogen) atoms. The Morgan fingerprint density at radius 2 is 1.86 bits per heavy atom. The van der Waals surface area contributed by atoms with Gasteiger partial charge in [0, 0.05) is 40.5 Å². The second-order valence-electron chi connectivity index (χ2n) is 11.2. The Bertz CT molecular complexity index is 2170. The topological polar surface area (TPSA) is 146 Å². The molecule has 0 radical (unpaired) electrons. The summed E-state index contributed by atoms with van der Waals surface area (Å²) in [6, 6.07) is 16.0. The molecule has 0 spiro atoms. The van der Waals surface area contributed by atoms with E-state index < -0.39 is 15.8 Å². The standard InChI is InChI=1S/C32H28FN7O3S/c1-44(42,43)36-14-18-8-20(10-22(33)9-18)24-6-3-7-27-25(24)12-29(38-27)31-26-13-28(35-17-30(26)39-40-31)21-11-23(16-34-15-21)37-32(41)19-4-2-5-19/h3,6-13,15-17,19,36,38H,2,4-5,14H2,1H3,(H,37,41)(H,39,40). The Labute approximate surface area is 252 Å². The van der Waals surface area contributed by atoms with Crippen LogP contribution in [0.3, 0.4) is 0 Å². The van der Waals surface area contributed by atoms with Gasteiger partial charge in [-0.25, -0.2) is 17.5 Å². The van der Waals surface area contributed by atoms with Gasteiger partial charge in [-0.2, -0.15) is 5.10 Å². The highest BCUT2D eigenvalue weighted by molar-refractivity contribution is 7.88. The lowest BCUT2D eigenvalue weighted by Gasteiger charge is -2.24. The number of rotatable bonds is 8. The fraction of sp³-hybridized carbons (Fsp3) is 0.188. The highest BCUT2D eigenvalue weighted by atomic mass is 32.2. The molecule has 222 valence electrons. The molecular weight excluding hydrogens is 581 g/mol. The molecule has 7 rings (SSSR count). The summed E-state index contributed by atoms with van der Waals surface area (Å²) in [6.07, 6.45) is 9.05. The van der Waals surface area contributed by atoms with Crippen molar-refractivity contribution < 1.29 is 17.6 Å². The lowest BCUT2D eigenvalue weighted by atomic mass is 9.85. The Balaban J connectivity index is 1.23. The van der Waals surface area contributed by atoms with Crippen molar-refractivity contribution in [2.45, 2.75) is 25.8 Å². The van der Waals surface area contributed by atoms with Gasteiger partial charge < -0.3 is 10.3 Å². The Hall–Kier alpha value is -4.94. The smallest absolute Gasteiger partial charge is 0.227 e. The Morgan fingerprint density at radius 3 is 2.66 bits per heavy atom. The minimum atomic E-state index is -3.43. The number of aromatic amines is 2. The molecule has 1 amide bonds. The van der Waals surface area contributed by atoms with Crippen LogP contribution < -0.4 is 10.0 Å². The van der Waals surface area contributed by atoms with Crippen LogP contribution in [-0.2, 0) is 21.4 Å². The summed E-state index contributed by atoms with van der Waals surface area (Å²) in [5.41, 5.74) is 7.02. The van der Waals surface area contributed by atoms with Gasteiger partial charge >= 0.3 is 0 Å². The maximum Gasteiger partial charge on any atom is 0.227 e. The first-order valence-corrected chi connectivity index (χ1v) is 16.1. The number of hydrogen-bond acceptors (Lipinski definition) is 6. The van der Waals surface area contributed by atoms with Crippen LogP contribution in [-0.4, -0.2) is 45.7 Å². The van der Waals surface area contributed by atoms with Crippen molar-refractivity contribution in [3.05, 3.63) is 84.6 Å². The summed E-state index contributed by atoms with van der Waals surface area (Å²) < 4.78 is 40.2. The maximum absolute atomic E-state index is 14.6. The number of pyridine rings is 2. The van der Waals surface area contributed by atoms with Crippen LogP contribution in [0.25, 0.3) is 55.6 Å². The number of nitrogens with one attached hydrogen (secondary N) is 4. The zero-order valence-electron chi connectivity index (χ0n) is 23.7. The first kappa shape index (κ1) is 27.9. The van der Waals surface area contributed by atoms with E-state index in [2.05, 4.69) is 35.2 Å². The van der Waals surface area contributed by atoms with Crippen LogP contribution in [0.2, 0.25) is 0 Å². The van der Waals surface area contributed by atoms with E-state index in [0.29, 0.717) is 28.2 Å². The number of carbonyl (C=O) groups excluding carboxylic acids is 1. The molecule has 0 aliphatic heterocycles. The molecule has 4 heterocycles. The number of fused-ring (bicyclic) bond motifs is 2. The molecule has 1 saturated carbocycles. The van der Waals surface area contributed by atoms with E-state index in [1.165, 1.54) is 12.1 Å². The molecule has 1 aliphatic rings. The summed E-state index contributed by atoms with van der Waals surface area (Å²) in [6.45, 7) is -0.0150. The third kappa shape index (κ3) is 5.56. The number of aromatic nitrogens is 5. The van der Waals surface area contributed by atoms with E-state index in [9.17, 15) is 17.6 Å². The predicted octanol–water partition coefficient (Wildman–Crippen LogP) is 5.76. The molecule has 1 fully saturated rings. The molecule has 2 aromatic carbocycles. The normalized spacial score (nSPS) is 13.8. The summed E-state index contributed by atoms with van der Waals surface area (Å²) in [4.78, 5) is 24.8. The molecule has 0 atom stereocenters. The number of nitrogens with zero attached hydrogens (tertiary/aromatic N) is 3.